The van der Waals surface area contributed by atoms with Crippen molar-refractivity contribution in [1.82, 2.24) is 19.9 Å². The summed E-state index contributed by atoms with van der Waals surface area (Å²) in [4.78, 5) is 16.6. The summed E-state index contributed by atoms with van der Waals surface area (Å²) in [5.74, 6) is -1.28. The molecule has 32 heavy (non-hydrogen) atoms. The first-order valence-electron chi connectivity index (χ1n) is 9.32. The van der Waals surface area contributed by atoms with E-state index in [0.717, 1.165) is 12.1 Å². The zero-order valence-corrected chi connectivity index (χ0v) is 16.5. The fourth-order valence-corrected chi connectivity index (χ4v) is 3.10. The van der Waals surface area contributed by atoms with Gasteiger partial charge in [0.05, 0.1) is 23.5 Å². The van der Waals surface area contributed by atoms with Gasteiger partial charge in [-0.15, -0.1) is 0 Å². The number of nitrogens with zero attached hydrogens (tertiary/aromatic N) is 4. The van der Waals surface area contributed by atoms with Crippen LogP contribution in [0.3, 0.4) is 0 Å². The number of benzene rings is 1. The Morgan fingerprint density at radius 2 is 2.00 bits per heavy atom. The Morgan fingerprint density at radius 3 is 2.72 bits per heavy atom. The number of carbonyl (C=O) groups is 1. The van der Waals surface area contributed by atoms with Crippen LogP contribution in [0.5, 0.6) is 0 Å². The lowest BCUT2D eigenvalue weighted by molar-refractivity contribution is -0.138. The number of hydrogen-bond acceptors (Lipinski definition) is 5. The van der Waals surface area contributed by atoms with E-state index < -0.39 is 29.5 Å². The lowest BCUT2D eigenvalue weighted by Gasteiger charge is -2.18. The monoisotopic (exact) mass is 445 g/mol. The summed E-state index contributed by atoms with van der Waals surface area (Å²) >= 11 is 0. The normalized spacial score (nSPS) is 12.5. The minimum atomic E-state index is -4.73. The molecular formula is C21H15F4N5O2. The van der Waals surface area contributed by atoms with E-state index in [0.29, 0.717) is 17.5 Å². The third-order valence-corrected chi connectivity index (χ3v) is 4.69. The molecule has 7 nitrogen and oxygen atoms in total. The molecule has 0 saturated carbocycles. The predicted octanol–water partition coefficient (Wildman–Crippen LogP) is 4.95. The Balaban J connectivity index is 1.51. The van der Waals surface area contributed by atoms with E-state index >= 15 is 0 Å². The molecule has 11 heteroatoms. The Labute approximate surface area is 178 Å². The minimum absolute atomic E-state index is 0.00987. The molecule has 164 valence electrons. The summed E-state index contributed by atoms with van der Waals surface area (Å²) in [6, 6.07) is 8.19. The molecule has 0 bridgehead atoms. The second kappa shape index (κ2) is 8.25. The Kier molecular flexibility index (Phi) is 5.47. The number of pyridine rings is 1. The number of anilines is 1. The molecule has 0 fully saturated rings. The van der Waals surface area contributed by atoms with Crippen LogP contribution in [-0.2, 0) is 6.18 Å². The van der Waals surface area contributed by atoms with Gasteiger partial charge in [-0.05, 0) is 36.8 Å². The van der Waals surface area contributed by atoms with Crippen LogP contribution in [0.25, 0.3) is 11.5 Å². The second-order valence-corrected chi connectivity index (χ2v) is 6.86. The van der Waals surface area contributed by atoms with Gasteiger partial charge in [0.25, 0.3) is 5.91 Å². The van der Waals surface area contributed by atoms with Crippen LogP contribution in [-0.4, -0.2) is 25.8 Å². The van der Waals surface area contributed by atoms with Crippen LogP contribution >= 0.6 is 0 Å². The van der Waals surface area contributed by atoms with E-state index in [1.54, 1.807) is 24.4 Å². The van der Waals surface area contributed by atoms with Crippen molar-refractivity contribution in [2.75, 3.05) is 5.32 Å². The highest BCUT2D eigenvalue weighted by molar-refractivity contribution is 6.03. The molecule has 1 amide bonds. The van der Waals surface area contributed by atoms with Crippen LogP contribution in [0, 0.1) is 5.82 Å². The van der Waals surface area contributed by atoms with E-state index in [1.807, 2.05) is 0 Å². The second-order valence-electron chi connectivity index (χ2n) is 6.86. The number of hydrogen-bond donors (Lipinski definition) is 1. The maximum Gasteiger partial charge on any atom is 0.416 e. The number of rotatable bonds is 5. The van der Waals surface area contributed by atoms with Crippen molar-refractivity contribution in [3.8, 4) is 11.5 Å². The fourth-order valence-electron chi connectivity index (χ4n) is 3.10. The molecule has 4 rings (SSSR count). The maximum absolute atomic E-state index is 13.4. The zero-order chi connectivity index (χ0) is 22.9. The van der Waals surface area contributed by atoms with Crippen molar-refractivity contribution in [3.05, 3.63) is 83.7 Å². The number of carbonyl (C=O) groups excluding carboxylic acids is 1. The third-order valence-electron chi connectivity index (χ3n) is 4.69. The number of halogens is 4. The van der Waals surface area contributed by atoms with Crippen molar-refractivity contribution in [3.63, 3.8) is 0 Å². The van der Waals surface area contributed by atoms with E-state index in [2.05, 4.69) is 20.6 Å². The largest absolute Gasteiger partial charge is 0.416 e. The molecule has 1 atom stereocenters. The van der Waals surface area contributed by atoms with Crippen LogP contribution in [0.1, 0.15) is 34.6 Å². The van der Waals surface area contributed by atoms with Gasteiger partial charge in [0.1, 0.15) is 11.5 Å². The molecule has 3 aromatic heterocycles. The zero-order valence-electron chi connectivity index (χ0n) is 16.5. The lowest BCUT2D eigenvalue weighted by Crippen LogP contribution is -2.16. The smallest absolute Gasteiger partial charge is 0.354 e. The first kappa shape index (κ1) is 21.2. The number of amides is 1. The van der Waals surface area contributed by atoms with Crippen molar-refractivity contribution in [2.45, 2.75) is 19.1 Å². The van der Waals surface area contributed by atoms with Gasteiger partial charge in [0.15, 0.2) is 11.5 Å². The Morgan fingerprint density at radius 1 is 1.19 bits per heavy atom. The van der Waals surface area contributed by atoms with Gasteiger partial charge in [0.2, 0.25) is 0 Å². The van der Waals surface area contributed by atoms with Crippen molar-refractivity contribution in [2.24, 2.45) is 0 Å². The molecule has 4 aromatic rings. The highest BCUT2D eigenvalue weighted by Crippen LogP contribution is 2.36. The topological polar surface area (TPSA) is 85.8 Å². The summed E-state index contributed by atoms with van der Waals surface area (Å²) < 4.78 is 59.7. The van der Waals surface area contributed by atoms with Crippen LogP contribution in [0.2, 0.25) is 0 Å². The first-order valence-corrected chi connectivity index (χ1v) is 9.32. The average molecular weight is 445 g/mol. The van der Waals surface area contributed by atoms with Gasteiger partial charge in [-0.2, -0.15) is 18.3 Å². The number of nitrogens with one attached hydrogen (secondary N) is 1. The van der Waals surface area contributed by atoms with Gasteiger partial charge in [-0.1, -0.05) is 17.3 Å². The quantitative estimate of drug-likeness (QED) is 0.439. The molecule has 1 unspecified atom stereocenters. The summed E-state index contributed by atoms with van der Waals surface area (Å²) in [6.45, 7) is 1.48. The lowest BCUT2D eigenvalue weighted by atomic mass is 10.0. The SMILES string of the molecule is CC(c1ccc(F)cc1C(F)(F)F)n1cc(NC(=O)c2cc(-c3ccccn3)on2)cn1. The van der Waals surface area contributed by atoms with Crippen molar-refractivity contribution >= 4 is 11.6 Å². The highest BCUT2D eigenvalue weighted by atomic mass is 19.4. The average Bonchev–Trinajstić information content (AvgIpc) is 3.43. The highest BCUT2D eigenvalue weighted by Gasteiger charge is 2.35. The van der Waals surface area contributed by atoms with Gasteiger partial charge in [-0.3, -0.25) is 14.5 Å². The number of aromatic nitrogens is 4. The molecule has 0 aliphatic heterocycles. The van der Waals surface area contributed by atoms with Crippen LogP contribution in [0.15, 0.2) is 65.6 Å². The van der Waals surface area contributed by atoms with Gasteiger partial charge >= 0.3 is 6.18 Å². The first-order chi connectivity index (χ1) is 15.2. The molecule has 3 heterocycles. The Hall–Kier alpha value is -4.02. The molecule has 0 spiro atoms. The van der Waals surface area contributed by atoms with E-state index in [9.17, 15) is 22.4 Å². The van der Waals surface area contributed by atoms with Gasteiger partial charge < -0.3 is 9.84 Å². The summed E-state index contributed by atoms with van der Waals surface area (Å²) in [5.41, 5.74) is -0.517. The van der Waals surface area contributed by atoms with E-state index in [-0.39, 0.29) is 16.9 Å². The van der Waals surface area contributed by atoms with Gasteiger partial charge in [0, 0.05) is 18.5 Å². The number of alkyl halides is 3. The molecule has 0 aliphatic carbocycles. The summed E-state index contributed by atoms with van der Waals surface area (Å²) in [7, 11) is 0. The fraction of sp³-hybridized carbons (Fsp3) is 0.143. The minimum Gasteiger partial charge on any atom is -0.354 e. The molecule has 1 aromatic carbocycles. The standard InChI is InChI=1S/C21H15F4N5O2/c1-12(15-6-5-13(22)8-16(15)21(23,24)25)30-11-14(10-27-30)28-20(31)18-9-19(32-29-18)17-4-2-3-7-26-17/h2-12H,1H3,(H,28,31). The summed E-state index contributed by atoms with van der Waals surface area (Å²) in [6.07, 6.45) is -0.511. The van der Waals surface area contributed by atoms with Gasteiger partial charge in [-0.25, -0.2) is 4.39 Å². The molecule has 0 saturated heterocycles. The van der Waals surface area contributed by atoms with E-state index in [1.165, 1.54) is 30.1 Å². The van der Waals surface area contributed by atoms with Crippen molar-refractivity contribution < 1.29 is 26.9 Å². The third kappa shape index (κ3) is 4.36. The van der Waals surface area contributed by atoms with E-state index in [4.69, 9.17) is 4.52 Å². The molecule has 0 radical (unpaired) electrons. The predicted molar refractivity (Wildman–Crippen MR) is 105 cm³/mol. The molecular weight excluding hydrogens is 430 g/mol. The Bertz CT molecular complexity index is 1250. The van der Waals surface area contributed by atoms with Crippen molar-refractivity contribution in [1.29, 1.82) is 0 Å². The van der Waals surface area contributed by atoms with Crippen LogP contribution in [0.4, 0.5) is 23.2 Å². The molecule has 0 aliphatic rings. The summed E-state index contributed by atoms with van der Waals surface area (Å²) in [5, 5.41) is 10.3. The maximum atomic E-state index is 13.4. The van der Waals surface area contributed by atoms with Crippen LogP contribution < -0.4 is 5.32 Å². The molecule has 1 N–H and O–H groups in total.